The predicted molar refractivity (Wildman–Crippen MR) is 80.5 cm³/mol. The molecule has 1 fully saturated rings. The van der Waals surface area contributed by atoms with E-state index in [9.17, 15) is 14.9 Å². The van der Waals surface area contributed by atoms with Gasteiger partial charge in [-0.2, -0.15) is 0 Å². The van der Waals surface area contributed by atoms with Crippen LogP contribution >= 0.6 is 0 Å². The minimum absolute atomic E-state index is 0.0359. The maximum absolute atomic E-state index is 11.5. The van der Waals surface area contributed by atoms with Crippen LogP contribution in [0.1, 0.15) is 23.7 Å². The van der Waals surface area contributed by atoms with Crippen LogP contribution in [0.5, 0.6) is 0 Å². The van der Waals surface area contributed by atoms with Crippen LogP contribution in [0.25, 0.3) is 0 Å². The fourth-order valence-electron chi connectivity index (χ4n) is 2.76. The van der Waals surface area contributed by atoms with E-state index < -0.39 is 10.8 Å². The molecule has 2 N–H and O–H groups in total. The summed E-state index contributed by atoms with van der Waals surface area (Å²) in [6.07, 6.45) is 0.966. The van der Waals surface area contributed by atoms with Gasteiger partial charge in [0.25, 0.3) is 11.6 Å². The molecule has 0 aromatic heterocycles. The van der Waals surface area contributed by atoms with Crippen LogP contribution < -0.4 is 10.6 Å². The molecule has 1 aromatic carbocycles. The third-order valence-electron chi connectivity index (χ3n) is 3.93. The highest BCUT2D eigenvalue weighted by Crippen LogP contribution is 2.28. The zero-order valence-electron chi connectivity index (χ0n) is 12.3. The van der Waals surface area contributed by atoms with Gasteiger partial charge in [0, 0.05) is 37.4 Å². The van der Waals surface area contributed by atoms with Gasteiger partial charge in [-0.15, -0.1) is 0 Å². The molecule has 0 spiro atoms. The van der Waals surface area contributed by atoms with Gasteiger partial charge in [0.15, 0.2) is 0 Å². The lowest BCUT2D eigenvalue weighted by Crippen LogP contribution is -2.51. The molecule has 0 radical (unpaired) electrons. The van der Waals surface area contributed by atoms with Gasteiger partial charge in [0.1, 0.15) is 5.56 Å². The number of carbonyl (C=O) groups is 1. The van der Waals surface area contributed by atoms with E-state index in [4.69, 9.17) is 5.73 Å². The average molecular weight is 292 g/mol. The Morgan fingerprint density at radius 3 is 2.76 bits per heavy atom. The number of nitro groups is 1. The number of nitrogens with two attached hydrogens (primary N) is 1. The van der Waals surface area contributed by atoms with Crippen molar-refractivity contribution < 1.29 is 9.72 Å². The standard InChI is InChI=1S/C14H20N4O3/c1-3-10-9-16(2)6-7-17(10)11-4-5-13(18(20)21)12(8-11)14(15)19/h4-5,8,10H,3,6-7,9H2,1-2H3,(H2,15,19)/t10-/m0/s1. The van der Waals surface area contributed by atoms with Gasteiger partial charge >= 0.3 is 0 Å². The minimum atomic E-state index is -0.772. The molecule has 1 heterocycles. The van der Waals surface area contributed by atoms with Crippen molar-refractivity contribution in [2.75, 3.05) is 31.6 Å². The summed E-state index contributed by atoms with van der Waals surface area (Å²) in [5.41, 5.74) is 5.81. The van der Waals surface area contributed by atoms with Gasteiger partial charge in [0.05, 0.1) is 4.92 Å². The van der Waals surface area contributed by atoms with Crippen LogP contribution in [0, 0.1) is 10.1 Å². The van der Waals surface area contributed by atoms with E-state index in [1.165, 1.54) is 12.1 Å². The summed E-state index contributed by atoms with van der Waals surface area (Å²) in [5, 5.41) is 11.0. The number of primary amides is 1. The summed E-state index contributed by atoms with van der Waals surface area (Å²) in [6.45, 7) is 4.78. The van der Waals surface area contributed by atoms with Crippen molar-refractivity contribution in [2.45, 2.75) is 19.4 Å². The first kappa shape index (κ1) is 15.2. The number of amides is 1. The summed E-state index contributed by atoms with van der Waals surface area (Å²) in [6, 6.07) is 4.92. The van der Waals surface area contributed by atoms with Gasteiger partial charge in [-0.1, -0.05) is 6.92 Å². The molecule has 1 atom stereocenters. The Morgan fingerprint density at radius 1 is 1.48 bits per heavy atom. The Morgan fingerprint density at radius 2 is 2.19 bits per heavy atom. The van der Waals surface area contributed by atoms with Crippen LogP contribution in [-0.4, -0.2) is 48.5 Å². The van der Waals surface area contributed by atoms with Gasteiger partial charge in [0.2, 0.25) is 0 Å². The third kappa shape index (κ3) is 3.13. The third-order valence-corrected chi connectivity index (χ3v) is 3.93. The molecule has 1 aliphatic rings. The molecule has 1 amide bonds. The molecule has 0 aliphatic carbocycles. The number of rotatable bonds is 4. The first-order chi connectivity index (χ1) is 9.93. The first-order valence-corrected chi connectivity index (χ1v) is 6.97. The molecule has 1 aromatic rings. The molecule has 1 saturated heterocycles. The largest absolute Gasteiger partial charge is 0.366 e. The highest BCUT2D eigenvalue weighted by Gasteiger charge is 2.26. The number of benzene rings is 1. The quantitative estimate of drug-likeness (QED) is 0.665. The number of nitrogens with zero attached hydrogens (tertiary/aromatic N) is 3. The number of hydrogen-bond acceptors (Lipinski definition) is 5. The van der Waals surface area contributed by atoms with Gasteiger partial charge < -0.3 is 15.5 Å². The van der Waals surface area contributed by atoms with E-state index in [-0.39, 0.29) is 11.3 Å². The van der Waals surface area contributed by atoms with Crippen molar-refractivity contribution in [2.24, 2.45) is 5.73 Å². The Kier molecular flexibility index (Phi) is 4.42. The molecule has 1 aliphatic heterocycles. The van der Waals surface area contributed by atoms with Gasteiger partial charge in [-0.05, 0) is 25.6 Å². The van der Waals surface area contributed by atoms with E-state index >= 15 is 0 Å². The number of likely N-dealkylation sites (N-methyl/N-ethyl adjacent to an activating group) is 1. The topological polar surface area (TPSA) is 92.7 Å². The molecule has 0 unspecified atom stereocenters. The zero-order chi connectivity index (χ0) is 15.6. The molecule has 114 valence electrons. The van der Waals surface area contributed by atoms with Gasteiger partial charge in [-0.3, -0.25) is 14.9 Å². The Labute approximate surface area is 123 Å². The van der Waals surface area contributed by atoms with Gasteiger partial charge in [-0.25, -0.2) is 0 Å². The fourth-order valence-corrected chi connectivity index (χ4v) is 2.76. The molecule has 21 heavy (non-hydrogen) atoms. The Balaban J connectivity index is 2.38. The van der Waals surface area contributed by atoms with Crippen molar-refractivity contribution in [3.05, 3.63) is 33.9 Å². The van der Waals surface area contributed by atoms with Crippen molar-refractivity contribution in [3.8, 4) is 0 Å². The number of piperazine rings is 1. The number of carbonyl (C=O) groups excluding carboxylic acids is 1. The molecule has 0 saturated carbocycles. The first-order valence-electron chi connectivity index (χ1n) is 6.97. The smallest absolute Gasteiger partial charge is 0.282 e. The molecule has 7 heteroatoms. The van der Waals surface area contributed by atoms with Crippen LogP contribution in [0.4, 0.5) is 11.4 Å². The van der Waals surface area contributed by atoms with E-state index in [1.54, 1.807) is 6.07 Å². The second kappa shape index (κ2) is 6.09. The maximum Gasteiger partial charge on any atom is 0.282 e. The number of anilines is 1. The van der Waals surface area contributed by atoms with Crippen LogP contribution in [0.2, 0.25) is 0 Å². The number of nitro benzene ring substituents is 1. The van der Waals surface area contributed by atoms with E-state index in [2.05, 4.69) is 23.8 Å². The summed E-state index contributed by atoms with van der Waals surface area (Å²) in [5.74, 6) is -0.772. The second-order valence-corrected chi connectivity index (χ2v) is 5.34. The summed E-state index contributed by atoms with van der Waals surface area (Å²) >= 11 is 0. The van der Waals surface area contributed by atoms with Crippen molar-refractivity contribution in [3.63, 3.8) is 0 Å². The van der Waals surface area contributed by atoms with Crippen LogP contribution in [-0.2, 0) is 0 Å². The molecule has 7 nitrogen and oxygen atoms in total. The fraction of sp³-hybridized carbons (Fsp3) is 0.500. The summed E-state index contributed by atoms with van der Waals surface area (Å²) < 4.78 is 0. The molecular weight excluding hydrogens is 272 g/mol. The van der Waals surface area contributed by atoms with Crippen molar-refractivity contribution >= 4 is 17.3 Å². The Hall–Kier alpha value is -2.15. The molecule has 2 rings (SSSR count). The maximum atomic E-state index is 11.5. The van der Waals surface area contributed by atoms with Crippen LogP contribution in [0.3, 0.4) is 0 Å². The SMILES string of the molecule is CC[C@H]1CN(C)CCN1c1ccc([N+](=O)[O-])c(C(N)=O)c1. The van der Waals surface area contributed by atoms with E-state index in [0.29, 0.717) is 6.04 Å². The van der Waals surface area contributed by atoms with E-state index in [1.807, 2.05) is 0 Å². The highest BCUT2D eigenvalue weighted by molar-refractivity contribution is 5.98. The highest BCUT2D eigenvalue weighted by atomic mass is 16.6. The number of hydrogen-bond donors (Lipinski definition) is 1. The van der Waals surface area contributed by atoms with E-state index in [0.717, 1.165) is 31.7 Å². The van der Waals surface area contributed by atoms with Crippen molar-refractivity contribution in [1.29, 1.82) is 0 Å². The lowest BCUT2D eigenvalue weighted by atomic mass is 10.1. The molecule has 0 bridgehead atoms. The lowest BCUT2D eigenvalue weighted by molar-refractivity contribution is -0.385. The normalized spacial score (nSPS) is 19.5. The second-order valence-electron chi connectivity index (χ2n) is 5.34. The summed E-state index contributed by atoms with van der Waals surface area (Å²) in [4.78, 5) is 26.3. The minimum Gasteiger partial charge on any atom is -0.366 e. The monoisotopic (exact) mass is 292 g/mol. The summed E-state index contributed by atoms with van der Waals surface area (Å²) in [7, 11) is 2.07. The Bertz CT molecular complexity index is 561. The molecular formula is C14H20N4O3. The average Bonchev–Trinajstić information content (AvgIpc) is 2.46. The lowest BCUT2D eigenvalue weighted by Gasteiger charge is -2.41. The zero-order valence-corrected chi connectivity index (χ0v) is 12.3. The predicted octanol–water partition coefficient (Wildman–Crippen LogP) is 1.22. The van der Waals surface area contributed by atoms with Crippen LogP contribution in [0.15, 0.2) is 18.2 Å². The van der Waals surface area contributed by atoms with Crippen molar-refractivity contribution in [1.82, 2.24) is 4.90 Å².